The van der Waals surface area contributed by atoms with E-state index in [9.17, 15) is 4.79 Å². The number of hydrogen-bond acceptors (Lipinski definition) is 2. The third kappa shape index (κ3) is 5.55. The summed E-state index contributed by atoms with van der Waals surface area (Å²) in [6, 6.07) is 9.94. The molecule has 0 saturated heterocycles. The van der Waals surface area contributed by atoms with Crippen molar-refractivity contribution >= 4 is 11.9 Å². The van der Waals surface area contributed by atoms with Crippen LogP contribution in [0.4, 0.5) is 0 Å². The molecule has 24 heavy (non-hydrogen) atoms. The number of carbonyl (C=O) groups is 1. The Morgan fingerprint density at radius 2 is 1.92 bits per heavy atom. The molecule has 0 radical (unpaired) electrons. The number of nitrogens with zero attached hydrogens (tertiary/aromatic N) is 1. The van der Waals surface area contributed by atoms with Crippen molar-refractivity contribution in [2.45, 2.75) is 45.6 Å². The topological polar surface area (TPSA) is 65.5 Å². The summed E-state index contributed by atoms with van der Waals surface area (Å²) >= 11 is 0. The number of benzene rings is 1. The van der Waals surface area contributed by atoms with Crippen molar-refractivity contribution in [1.82, 2.24) is 16.0 Å². The highest BCUT2D eigenvalue weighted by Gasteiger charge is 2.34. The van der Waals surface area contributed by atoms with E-state index < -0.39 is 0 Å². The number of carbonyl (C=O) groups excluding carboxylic acids is 1. The van der Waals surface area contributed by atoms with Gasteiger partial charge in [-0.3, -0.25) is 9.79 Å². The standard InChI is InChI=1S/C19H30N4O/c1-3-19(11-7-12-19)15-23-18(20-2)21-13-10-17(24)22-14-16-8-5-4-6-9-16/h4-6,8-9H,3,7,10-15H2,1-2H3,(H,22,24)(H2,20,21,23). The van der Waals surface area contributed by atoms with Crippen LogP contribution in [0.3, 0.4) is 0 Å². The zero-order valence-electron chi connectivity index (χ0n) is 14.9. The molecule has 0 aromatic heterocycles. The van der Waals surface area contributed by atoms with E-state index in [0.29, 0.717) is 24.9 Å². The van der Waals surface area contributed by atoms with Crippen molar-refractivity contribution in [3.05, 3.63) is 35.9 Å². The molecule has 1 saturated carbocycles. The Bertz CT molecular complexity index is 532. The Hall–Kier alpha value is -2.04. The van der Waals surface area contributed by atoms with E-state index in [4.69, 9.17) is 0 Å². The summed E-state index contributed by atoms with van der Waals surface area (Å²) in [5.74, 6) is 0.830. The molecule has 5 nitrogen and oxygen atoms in total. The molecule has 2 rings (SSSR count). The molecule has 1 aliphatic rings. The van der Waals surface area contributed by atoms with Crippen LogP contribution < -0.4 is 16.0 Å². The van der Waals surface area contributed by atoms with Gasteiger partial charge >= 0.3 is 0 Å². The first kappa shape index (κ1) is 18.3. The van der Waals surface area contributed by atoms with Crippen LogP contribution in [-0.4, -0.2) is 32.0 Å². The summed E-state index contributed by atoms with van der Waals surface area (Å²) in [5.41, 5.74) is 1.56. The summed E-state index contributed by atoms with van der Waals surface area (Å²) in [5, 5.41) is 9.56. The molecule has 0 spiro atoms. The van der Waals surface area contributed by atoms with Crippen LogP contribution in [0.15, 0.2) is 35.3 Å². The van der Waals surface area contributed by atoms with Crippen LogP contribution >= 0.6 is 0 Å². The number of nitrogens with one attached hydrogen (secondary N) is 3. The predicted molar refractivity (Wildman–Crippen MR) is 98.8 cm³/mol. The highest BCUT2D eigenvalue weighted by atomic mass is 16.1. The van der Waals surface area contributed by atoms with Gasteiger partial charge in [0, 0.05) is 33.1 Å². The second kappa shape index (κ2) is 9.30. The zero-order valence-corrected chi connectivity index (χ0v) is 14.9. The molecule has 1 aromatic carbocycles. The normalized spacial score (nSPS) is 16.2. The van der Waals surface area contributed by atoms with E-state index in [0.717, 1.165) is 18.1 Å². The fourth-order valence-corrected chi connectivity index (χ4v) is 3.00. The van der Waals surface area contributed by atoms with Crippen LogP contribution in [-0.2, 0) is 11.3 Å². The molecule has 0 heterocycles. The quantitative estimate of drug-likeness (QED) is 0.507. The molecule has 1 aromatic rings. The van der Waals surface area contributed by atoms with Crippen LogP contribution in [0.25, 0.3) is 0 Å². The molecule has 1 aliphatic carbocycles. The lowest BCUT2D eigenvalue weighted by molar-refractivity contribution is -0.121. The summed E-state index contributed by atoms with van der Waals surface area (Å²) in [6.45, 7) is 4.38. The van der Waals surface area contributed by atoms with Gasteiger partial charge in [0.2, 0.25) is 5.91 Å². The van der Waals surface area contributed by atoms with Gasteiger partial charge in [-0.2, -0.15) is 0 Å². The summed E-state index contributed by atoms with van der Waals surface area (Å²) in [7, 11) is 1.77. The van der Waals surface area contributed by atoms with Crippen molar-refractivity contribution in [3.8, 4) is 0 Å². The maximum absolute atomic E-state index is 11.9. The van der Waals surface area contributed by atoms with Crippen molar-refractivity contribution < 1.29 is 4.79 Å². The molecule has 1 amide bonds. The van der Waals surface area contributed by atoms with E-state index in [1.54, 1.807) is 7.05 Å². The Balaban J connectivity index is 1.61. The van der Waals surface area contributed by atoms with E-state index in [-0.39, 0.29) is 5.91 Å². The number of guanidine groups is 1. The van der Waals surface area contributed by atoms with Gasteiger partial charge in [0.25, 0.3) is 0 Å². The Morgan fingerprint density at radius 1 is 1.17 bits per heavy atom. The number of hydrogen-bond donors (Lipinski definition) is 3. The largest absolute Gasteiger partial charge is 0.356 e. The van der Waals surface area contributed by atoms with Crippen molar-refractivity contribution in [2.24, 2.45) is 10.4 Å². The number of aliphatic imine (C=N–C) groups is 1. The van der Waals surface area contributed by atoms with Crippen LogP contribution in [0, 0.1) is 5.41 Å². The van der Waals surface area contributed by atoms with Crippen LogP contribution in [0.5, 0.6) is 0 Å². The van der Waals surface area contributed by atoms with Gasteiger partial charge in [-0.25, -0.2) is 0 Å². The first-order valence-corrected chi connectivity index (χ1v) is 8.92. The summed E-state index contributed by atoms with van der Waals surface area (Å²) in [6.07, 6.45) is 5.58. The van der Waals surface area contributed by atoms with Crippen LogP contribution in [0.2, 0.25) is 0 Å². The first-order valence-electron chi connectivity index (χ1n) is 8.92. The fraction of sp³-hybridized carbons (Fsp3) is 0.579. The van der Waals surface area contributed by atoms with Gasteiger partial charge in [-0.15, -0.1) is 0 Å². The van der Waals surface area contributed by atoms with Crippen LogP contribution in [0.1, 0.15) is 44.6 Å². The molecular weight excluding hydrogens is 300 g/mol. The molecule has 1 fully saturated rings. The molecule has 0 aliphatic heterocycles. The number of rotatable bonds is 8. The summed E-state index contributed by atoms with van der Waals surface area (Å²) in [4.78, 5) is 16.1. The smallest absolute Gasteiger partial charge is 0.222 e. The van der Waals surface area contributed by atoms with Gasteiger partial charge in [-0.1, -0.05) is 43.7 Å². The molecule has 0 bridgehead atoms. The second-order valence-electron chi connectivity index (χ2n) is 6.57. The van der Waals surface area contributed by atoms with Crippen molar-refractivity contribution in [1.29, 1.82) is 0 Å². The summed E-state index contributed by atoms with van der Waals surface area (Å²) < 4.78 is 0. The second-order valence-corrected chi connectivity index (χ2v) is 6.57. The number of amides is 1. The van der Waals surface area contributed by atoms with E-state index in [1.165, 1.54) is 25.7 Å². The molecule has 3 N–H and O–H groups in total. The van der Waals surface area contributed by atoms with Gasteiger partial charge in [0.15, 0.2) is 5.96 Å². The minimum Gasteiger partial charge on any atom is -0.356 e. The van der Waals surface area contributed by atoms with E-state index in [2.05, 4.69) is 27.9 Å². The third-order valence-corrected chi connectivity index (χ3v) is 5.00. The monoisotopic (exact) mass is 330 g/mol. The molecular formula is C19H30N4O. The minimum absolute atomic E-state index is 0.0471. The fourth-order valence-electron chi connectivity index (χ4n) is 3.00. The Labute approximate surface area is 145 Å². The zero-order chi connectivity index (χ0) is 17.3. The first-order chi connectivity index (χ1) is 11.7. The Morgan fingerprint density at radius 3 is 2.50 bits per heavy atom. The lowest BCUT2D eigenvalue weighted by Crippen LogP contribution is -2.46. The van der Waals surface area contributed by atoms with Crippen molar-refractivity contribution in [2.75, 3.05) is 20.1 Å². The lowest BCUT2D eigenvalue weighted by Gasteiger charge is -2.41. The van der Waals surface area contributed by atoms with E-state index in [1.807, 2.05) is 30.3 Å². The average molecular weight is 330 g/mol. The van der Waals surface area contributed by atoms with Crippen molar-refractivity contribution in [3.63, 3.8) is 0 Å². The molecule has 132 valence electrons. The van der Waals surface area contributed by atoms with Gasteiger partial charge in [-0.05, 0) is 30.2 Å². The average Bonchev–Trinajstić information content (AvgIpc) is 2.58. The Kier molecular flexibility index (Phi) is 7.09. The molecule has 5 heteroatoms. The molecule has 0 unspecified atom stereocenters. The molecule has 0 atom stereocenters. The predicted octanol–water partition coefficient (Wildman–Crippen LogP) is 2.44. The maximum Gasteiger partial charge on any atom is 0.222 e. The minimum atomic E-state index is 0.0471. The highest BCUT2D eigenvalue weighted by molar-refractivity contribution is 5.81. The third-order valence-electron chi connectivity index (χ3n) is 5.00. The maximum atomic E-state index is 11.9. The lowest BCUT2D eigenvalue weighted by atomic mass is 9.67. The van der Waals surface area contributed by atoms with Gasteiger partial charge in [0.1, 0.15) is 0 Å². The van der Waals surface area contributed by atoms with Gasteiger partial charge in [0.05, 0.1) is 0 Å². The SMILES string of the molecule is CCC1(CNC(=NC)NCCC(=O)NCc2ccccc2)CCC1. The highest BCUT2D eigenvalue weighted by Crippen LogP contribution is 2.42. The van der Waals surface area contributed by atoms with Gasteiger partial charge < -0.3 is 16.0 Å². The van der Waals surface area contributed by atoms with E-state index >= 15 is 0 Å².